The lowest BCUT2D eigenvalue weighted by Gasteiger charge is -2.20. The Morgan fingerprint density at radius 1 is 1.50 bits per heavy atom. The topological polar surface area (TPSA) is 69.2 Å². The van der Waals surface area contributed by atoms with Gasteiger partial charge in [0.2, 0.25) is 5.91 Å². The highest BCUT2D eigenvalue weighted by molar-refractivity contribution is 5.87. The molecule has 1 saturated carbocycles. The lowest BCUT2D eigenvalue weighted by molar-refractivity contribution is -0.130. The summed E-state index contributed by atoms with van der Waals surface area (Å²) in [4.78, 5) is 13.8. The summed E-state index contributed by atoms with van der Waals surface area (Å²) in [6.07, 6.45) is 2.06. The maximum atomic E-state index is 12.2. The van der Waals surface area contributed by atoms with Crippen molar-refractivity contribution in [2.24, 2.45) is 5.92 Å². The van der Waals surface area contributed by atoms with E-state index in [1.165, 1.54) is 0 Å². The Bertz CT molecular complexity index is 618. The monoisotopic (exact) mass is 273 g/mol. The molecule has 1 aliphatic rings. The van der Waals surface area contributed by atoms with Gasteiger partial charge >= 0.3 is 0 Å². The molecule has 1 aromatic carbocycles. The van der Waals surface area contributed by atoms with E-state index in [4.69, 9.17) is 0 Å². The van der Waals surface area contributed by atoms with E-state index < -0.39 is 0 Å². The number of hydrogen-bond donors (Lipinski definition) is 2. The van der Waals surface area contributed by atoms with Crippen LogP contribution in [0.4, 0.5) is 0 Å². The lowest BCUT2D eigenvalue weighted by atomic mass is 10.1. The number of carbonyl (C=O) groups excluding carboxylic acids is 1. The smallest absolute Gasteiger partial charge is 0.228 e. The highest BCUT2D eigenvalue weighted by Crippen LogP contribution is 2.32. The van der Waals surface area contributed by atoms with Gasteiger partial charge in [-0.15, -0.1) is 0 Å². The zero-order valence-corrected chi connectivity index (χ0v) is 11.5. The number of aromatic nitrogens is 2. The van der Waals surface area contributed by atoms with Crippen LogP contribution < -0.4 is 0 Å². The van der Waals surface area contributed by atoms with Gasteiger partial charge in [-0.3, -0.25) is 9.89 Å². The Balaban J connectivity index is 1.65. The van der Waals surface area contributed by atoms with E-state index in [1.807, 2.05) is 24.3 Å². The largest absolute Gasteiger partial charge is 0.391 e. The molecule has 1 amide bonds. The van der Waals surface area contributed by atoms with Gasteiger partial charge < -0.3 is 10.0 Å². The molecule has 0 radical (unpaired) electrons. The molecule has 5 heteroatoms. The standard InChI is InChI=1S/C15H19N3O2/c1-18(9-14(19)10-6-7-10)15(20)8-13-11-4-2-3-5-12(11)16-17-13/h2-5,10,14,19H,6-9H2,1H3,(H,16,17). The number of carbonyl (C=O) groups is 1. The molecule has 0 spiro atoms. The quantitative estimate of drug-likeness (QED) is 0.863. The first-order valence-corrected chi connectivity index (χ1v) is 6.99. The number of rotatable bonds is 5. The summed E-state index contributed by atoms with van der Waals surface area (Å²) in [7, 11) is 1.74. The molecular weight excluding hydrogens is 254 g/mol. The van der Waals surface area contributed by atoms with Crippen LogP contribution >= 0.6 is 0 Å². The number of likely N-dealkylation sites (N-methyl/N-ethyl adjacent to an activating group) is 1. The van der Waals surface area contributed by atoms with E-state index in [0.717, 1.165) is 29.4 Å². The Kier molecular flexibility index (Phi) is 3.44. The summed E-state index contributed by atoms with van der Waals surface area (Å²) >= 11 is 0. The van der Waals surface area contributed by atoms with Crippen molar-refractivity contribution >= 4 is 16.8 Å². The minimum atomic E-state index is -0.387. The molecule has 2 N–H and O–H groups in total. The summed E-state index contributed by atoms with van der Waals surface area (Å²) in [5.41, 5.74) is 1.70. The first kappa shape index (κ1) is 13.1. The van der Waals surface area contributed by atoms with Gasteiger partial charge in [-0.1, -0.05) is 18.2 Å². The zero-order chi connectivity index (χ0) is 14.1. The molecule has 20 heavy (non-hydrogen) atoms. The van der Waals surface area contributed by atoms with Crippen molar-refractivity contribution in [2.75, 3.05) is 13.6 Å². The predicted molar refractivity (Wildman–Crippen MR) is 76.2 cm³/mol. The van der Waals surface area contributed by atoms with Gasteiger partial charge in [0.25, 0.3) is 0 Å². The molecule has 1 aromatic heterocycles. The number of amides is 1. The fraction of sp³-hybridized carbons (Fsp3) is 0.467. The van der Waals surface area contributed by atoms with Crippen molar-refractivity contribution in [3.05, 3.63) is 30.0 Å². The highest BCUT2D eigenvalue weighted by Gasteiger charge is 2.31. The molecule has 1 atom stereocenters. The first-order chi connectivity index (χ1) is 9.65. The number of benzene rings is 1. The molecule has 106 valence electrons. The summed E-state index contributed by atoms with van der Waals surface area (Å²) in [6.45, 7) is 0.412. The molecule has 1 aliphatic carbocycles. The number of fused-ring (bicyclic) bond motifs is 1. The highest BCUT2D eigenvalue weighted by atomic mass is 16.3. The van der Waals surface area contributed by atoms with Gasteiger partial charge in [0.05, 0.1) is 23.7 Å². The van der Waals surface area contributed by atoms with E-state index in [1.54, 1.807) is 11.9 Å². The van der Waals surface area contributed by atoms with Crippen LogP contribution in [0.3, 0.4) is 0 Å². The normalized spacial score (nSPS) is 16.3. The minimum absolute atomic E-state index is 0.000830. The molecule has 1 fully saturated rings. The first-order valence-electron chi connectivity index (χ1n) is 6.99. The van der Waals surface area contributed by atoms with Gasteiger partial charge in [-0.25, -0.2) is 0 Å². The van der Waals surface area contributed by atoms with Gasteiger partial charge in [-0.05, 0) is 24.8 Å². The van der Waals surface area contributed by atoms with E-state index in [-0.39, 0.29) is 18.4 Å². The number of para-hydroxylation sites is 1. The average Bonchev–Trinajstić information content (AvgIpc) is 3.22. The van der Waals surface area contributed by atoms with Crippen molar-refractivity contribution in [1.82, 2.24) is 15.1 Å². The number of aliphatic hydroxyl groups is 1. The van der Waals surface area contributed by atoms with Gasteiger partial charge in [0, 0.05) is 19.0 Å². The fourth-order valence-corrected chi connectivity index (χ4v) is 2.45. The fourth-order valence-electron chi connectivity index (χ4n) is 2.45. The Morgan fingerprint density at radius 2 is 2.25 bits per heavy atom. The Morgan fingerprint density at radius 3 is 3.00 bits per heavy atom. The van der Waals surface area contributed by atoms with E-state index in [2.05, 4.69) is 10.2 Å². The molecule has 5 nitrogen and oxygen atoms in total. The number of nitrogens with zero attached hydrogens (tertiary/aromatic N) is 2. The second kappa shape index (κ2) is 5.25. The maximum Gasteiger partial charge on any atom is 0.228 e. The van der Waals surface area contributed by atoms with Crippen LogP contribution in [0.2, 0.25) is 0 Å². The third-order valence-corrected chi connectivity index (χ3v) is 3.92. The second-order valence-electron chi connectivity index (χ2n) is 5.58. The third-order valence-electron chi connectivity index (χ3n) is 3.92. The van der Waals surface area contributed by atoms with Crippen molar-refractivity contribution in [1.29, 1.82) is 0 Å². The van der Waals surface area contributed by atoms with Gasteiger partial charge in [-0.2, -0.15) is 5.10 Å². The lowest BCUT2D eigenvalue weighted by Crippen LogP contribution is -2.36. The molecule has 0 aliphatic heterocycles. The SMILES string of the molecule is CN(CC(O)C1CC1)C(=O)Cc1[nH]nc2ccccc12. The van der Waals surface area contributed by atoms with Crippen LogP contribution in [0, 0.1) is 5.92 Å². The van der Waals surface area contributed by atoms with E-state index in [0.29, 0.717) is 12.5 Å². The summed E-state index contributed by atoms with van der Waals surface area (Å²) in [5.74, 6) is 0.386. The Labute approximate surface area is 117 Å². The molecule has 3 rings (SSSR count). The van der Waals surface area contributed by atoms with Gasteiger partial charge in [0.15, 0.2) is 0 Å². The van der Waals surface area contributed by atoms with E-state index in [9.17, 15) is 9.90 Å². The number of H-pyrrole nitrogens is 1. The summed E-state index contributed by atoms with van der Waals surface area (Å²) < 4.78 is 0. The predicted octanol–water partition coefficient (Wildman–Crippen LogP) is 1.33. The van der Waals surface area contributed by atoms with Crippen LogP contribution in [-0.2, 0) is 11.2 Å². The van der Waals surface area contributed by atoms with Crippen molar-refractivity contribution in [2.45, 2.75) is 25.4 Å². The number of aliphatic hydroxyl groups excluding tert-OH is 1. The third kappa shape index (κ3) is 2.67. The van der Waals surface area contributed by atoms with Crippen LogP contribution in [-0.4, -0.2) is 45.8 Å². The van der Waals surface area contributed by atoms with Crippen molar-refractivity contribution in [3.63, 3.8) is 0 Å². The summed E-state index contributed by atoms with van der Waals surface area (Å²) in [5, 5.41) is 18.0. The van der Waals surface area contributed by atoms with Crippen molar-refractivity contribution in [3.8, 4) is 0 Å². The molecule has 1 heterocycles. The molecule has 2 aromatic rings. The average molecular weight is 273 g/mol. The van der Waals surface area contributed by atoms with Crippen LogP contribution in [0.25, 0.3) is 10.9 Å². The maximum absolute atomic E-state index is 12.2. The number of nitrogens with one attached hydrogen (secondary N) is 1. The Hall–Kier alpha value is -1.88. The minimum Gasteiger partial charge on any atom is -0.391 e. The van der Waals surface area contributed by atoms with Gasteiger partial charge in [0.1, 0.15) is 0 Å². The summed E-state index contributed by atoms with van der Waals surface area (Å²) in [6, 6.07) is 7.74. The zero-order valence-electron chi connectivity index (χ0n) is 11.5. The van der Waals surface area contributed by atoms with Crippen molar-refractivity contribution < 1.29 is 9.90 Å². The molecule has 1 unspecified atom stereocenters. The van der Waals surface area contributed by atoms with Crippen LogP contribution in [0.15, 0.2) is 24.3 Å². The van der Waals surface area contributed by atoms with E-state index >= 15 is 0 Å². The van der Waals surface area contributed by atoms with Crippen LogP contribution in [0.5, 0.6) is 0 Å². The second-order valence-corrected chi connectivity index (χ2v) is 5.58. The van der Waals surface area contributed by atoms with Crippen LogP contribution in [0.1, 0.15) is 18.5 Å². The molecular formula is C15H19N3O2. The molecule has 0 saturated heterocycles. The molecule has 0 bridgehead atoms. The number of aromatic amines is 1. The number of hydrogen-bond acceptors (Lipinski definition) is 3.